The Balaban J connectivity index is 2.00. The number of hydrogen-bond donors (Lipinski definition) is 0. The first kappa shape index (κ1) is 20.0. The smallest absolute Gasteiger partial charge is 0.374 e. The molecule has 0 spiro atoms. The molecule has 0 fully saturated rings. The van der Waals surface area contributed by atoms with Gasteiger partial charge in [-0.3, -0.25) is 0 Å². The van der Waals surface area contributed by atoms with Crippen LogP contribution in [0.25, 0.3) is 0 Å². The maximum Gasteiger partial charge on any atom is 0.435 e. The van der Waals surface area contributed by atoms with Crippen LogP contribution >= 0.6 is 23.2 Å². The van der Waals surface area contributed by atoms with Crippen LogP contribution in [0.5, 0.6) is 0 Å². The summed E-state index contributed by atoms with van der Waals surface area (Å²) in [4.78, 5) is 4.94. The van der Waals surface area contributed by atoms with Crippen molar-refractivity contribution in [1.82, 2.24) is 0 Å². The van der Waals surface area contributed by atoms with Crippen molar-refractivity contribution in [3.05, 3.63) is 63.6 Å². The molecule has 0 amide bonds. The Morgan fingerprint density at radius 3 is 2.11 bits per heavy atom. The molecule has 0 saturated heterocycles. The zero-order valence-corrected chi connectivity index (χ0v) is 16.0. The van der Waals surface area contributed by atoms with Gasteiger partial charge in [0, 0.05) is 28.3 Å². The van der Waals surface area contributed by atoms with Crippen LogP contribution in [0, 0.1) is 0 Å². The van der Waals surface area contributed by atoms with Crippen molar-refractivity contribution in [2.75, 3.05) is 6.26 Å². The van der Waals surface area contributed by atoms with Gasteiger partial charge < -0.3 is 4.84 Å². The summed E-state index contributed by atoms with van der Waals surface area (Å²) in [6.07, 6.45) is -4.36. The molecule has 4 nitrogen and oxygen atoms in total. The van der Waals surface area contributed by atoms with E-state index in [0.29, 0.717) is 5.56 Å². The molecule has 0 N–H and O–H groups in total. The minimum absolute atomic E-state index is 0.0310. The average Bonchev–Trinajstić information content (AvgIpc) is 3.00. The summed E-state index contributed by atoms with van der Waals surface area (Å²) in [7, 11) is -3.42. The van der Waals surface area contributed by atoms with E-state index in [2.05, 4.69) is 5.16 Å². The van der Waals surface area contributed by atoms with E-state index in [1.165, 1.54) is 30.3 Å². The molecule has 1 unspecified atom stereocenters. The van der Waals surface area contributed by atoms with Crippen LogP contribution in [0.2, 0.25) is 10.0 Å². The number of rotatable bonds is 3. The SMILES string of the molecule is CS(=O)(=O)c1ccc(C2=NOC(c3cc(Cl)cc(Cl)c3)(C(F)(F)F)C2)cc1. The lowest BCUT2D eigenvalue weighted by molar-refractivity contribution is -0.275. The topological polar surface area (TPSA) is 55.7 Å². The van der Waals surface area contributed by atoms with Crippen LogP contribution in [-0.4, -0.2) is 26.6 Å². The Morgan fingerprint density at radius 1 is 1.07 bits per heavy atom. The fourth-order valence-electron chi connectivity index (χ4n) is 2.74. The van der Waals surface area contributed by atoms with Gasteiger partial charge in [0.1, 0.15) is 0 Å². The molecule has 0 bridgehead atoms. The second-order valence-corrected chi connectivity index (χ2v) is 8.97. The van der Waals surface area contributed by atoms with Gasteiger partial charge in [-0.2, -0.15) is 13.2 Å². The van der Waals surface area contributed by atoms with Crippen molar-refractivity contribution >= 4 is 38.8 Å². The van der Waals surface area contributed by atoms with Gasteiger partial charge in [0.05, 0.1) is 10.6 Å². The third-order valence-electron chi connectivity index (χ3n) is 4.13. The van der Waals surface area contributed by atoms with Gasteiger partial charge in [-0.05, 0) is 35.9 Å². The zero-order chi connectivity index (χ0) is 20.0. The van der Waals surface area contributed by atoms with Crippen molar-refractivity contribution in [3.8, 4) is 0 Å². The van der Waals surface area contributed by atoms with Gasteiger partial charge in [0.15, 0.2) is 9.84 Å². The van der Waals surface area contributed by atoms with E-state index in [1.807, 2.05) is 0 Å². The lowest BCUT2D eigenvalue weighted by Crippen LogP contribution is -2.42. The van der Waals surface area contributed by atoms with Crippen LogP contribution in [0.1, 0.15) is 17.5 Å². The molecule has 2 aromatic carbocycles. The highest BCUT2D eigenvalue weighted by Gasteiger charge is 2.62. The molecule has 27 heavy (non-hydrogen) atoms. The highest BCUT2D eigenvalue weighted by atomic mass is 35.5. The average molecular weight is 438 g/mol. The van der Waals surface area contributed by atoms with Gasteiger partial charge in [0.25, 0.3) is 5.60 Å². The molecule has 1 heterocycles. The maximum absolute atomic E-state index is 13.9. The summed E-state index contributed by atoms with van der Waals surface area (Å²) >= 11 is 11.7. The molecule has 0 radical (unpaired) electrons. The van der Waals surface area contributed by atoms with Crippen molar-refractivity contribution in [3.63, 3.8) is 0 Å². The summed E-state index contributed by atoms with van der Waals surface area (Å²) in [6.45, 7) is 0. The molecule has 1 aliphatic heterocycles. The Hall–Kier alpha value is -1.77. The van der Waals surface area contributed by atoms with Crippen LogP contribution in [0.3, 0.4) is 0 Å². The molecule has 0 aliphatic carbocycles. The quantitative estimate of drug-likeness (QED) is 0.680. The Kier molecular flexibility index (Phi) is 4.95. The first-order valence-electron chi connectivity index (χ1n) is 7.51. The van der Waals surface area contributed by atoms with E-state index in [0.717, 1.165) is 18.4 Å². The third kappa shape index (κ3) is 3.79. The van der Waals surface area contributed by atoms with Gasteiger partial charge in [0.2, 0.25) is 0 Å². The minimum atomic E-state index is -4.79. The van der Waals surface area contributed by atoms with E-state index in [-0.39, 0.29) is 26.2 Å². The largest absolute Gasteiger partial charge is 0.435 e. The van der Waals surface area contributed by atoms with Gasteiger partial charge in [-0.15, -0.1) is 0 Å². The van der Waals surface area contributed by atoms with Gasteiger partial charge in [-0.25, -0.2) is 8.42 Å². The fourth-order valence-corrected chi connectivity index (χ4v) is 3.90. The molecular formula is C17H12Cl2F3NO3S. The van der Waals surface area contributed by atoms with E-state index < -0.39 is 28.0 Å². The van der Waals surface area contributed by atoms with Crippen LogP contribution in [-0.2, 0) is 20.3 Å². The zero-order valence-electron chi connectivity index (χ0n) is 13.7. The number of sulfone groups is 1. The first-order chi connectivity index (χ1) is 12.4. The molecule has 10 heteroatoms. The molecule has 0 aromatic heterocycles. The second-order valence-electron chi connectivity index (χ2n) is 6.09. The highest BCUT2D eigenvalue weighted by Crippen LogP contribution is 2.49. The highest BCUT2D eigenvalue weighted by molar-refractivity contribution is 7.90. The van der Waals surface area contributed by atoms with Crippen molar-refractivity contribution < 1.29 is 26.4 Å². The number of alkyl halides is 3. The molecular weight excluding hydrogens is 426 g/mol. The maximum atomic E-state index is 13.9. The van der Waals surface area contributed by atoms with Gasteiger partial charge in [-0.1, -0.05) is 40.5 Å². The lowest BCUT2D eigenvalue weighted by Gasteiger charge is -2.29. The van der Waals surface area contributed by atoms with E-state index in [1.54, 1.807) is 0 Å². The van der Waals surface area contributed by atoms with E-state index in [9.17, 15) is 21.6 Å². The number of oxime groups is 1. The number of benzene rings is 2. The summed E-state index contributed by atoms with van der Waals surface area (Å²) in [6, 6.07) is 8.95. The van der Waals surface area contributed by atoms with Crippen molar-refractivity contribution in [2.45, 2.75) is 23.1 Å². The van der Waals surface area contributed by atoms with Crippen LogP contribution in [0.15, 0.2) is 52.5 Å². The third-order valence-corrected chi connectivity index (χ3v) is 5.70. The Morgan fingerprint density at radius 2 is 1.63 bits per heavy atom. The summed E-state index contributed by atoms with van der Waals surface area (Å²) in [5.41, 5.74) is -2.64. The minimum Gasteiger partial charge on any atom is -0.374 e. The second kappa shape index (κ2) is 6.68. The monoisotopic (exact) mass is 437 g/mol. The number of halogens is 5. The summed E-state index contributed by atoms with van der Waals surface area (Å²) < 4.78 is 64.8. The predicted octanol–water partition coefficient (Wildman–Crippen LogP) is 4.98. The number of nitrogens with zero attached hydrogens (tertiary/aromatic N) is 1. The lowest BCUT2D eigenvalue weighted by atomic mass is 9.86. The Bertz CT molecular complexity index is 1000. The molecule has 1 aliphatic rings. The first-order valence-corrected chi connectivity index (χ1v) is 10.2. The molecule has 144 valence electrons. The van der Waals surface area contributed by atoms with E-state index >= 15 is 0 Å². The Labute approximate surface area is 163 Å². The fraction of sp³-hybridized carbons (Fsp3) is 0.235. The molecule has 1 atom stereocenters. The summed E-state index contributed by atoms with van der Waals surface area (Å²) in [5, 5.41) is 3.69. The molecule has 2 aromatic rings. The van der Waals surface area contributed by atoms with Crippen LogP contribution in [0.4, 0.5) is 13.2 Å². The molecule has 3 rings (SSSR count). The van der Waals surface area contributed by atoms with Gasteiger partial charge >= 0.3 is 6.18 Å². The number of hydrogen-bond acceptors (Lipinski definition) is 4. The standard InChI is InChI=1S/C17H12Cl2F3NO3S/c1-27(24,25)14-4-2-10(3-5-14)15-9-16(26-23-15,17(20,21)22)11-6-12(18)8-13(19)7-11/h2-8H,9H2,1H3. The predicted molar refractivity (Wildman–Crippen MR) is 96.0 cm³/mol. The van der Waals surface area contributed by atoms with Crippen LogP contribution < -0.4 is 0 Å². The van der Waals surface area contributed by atoms with Crippen molar-refractivity contribution in [1.29, 1.82) is 0 Å². The van der Waals surface area contributed by atoms with E-state index in [4.69, 9.17) is 28.0 Å². The molecule has 0 saturated carbocycles. The normalized spacial score (nSPS) is 20.3. The summed E-state index contributed by atoms with van der Waals surface area (Å²) in [5.74, 6) is 0. The van der Waals surface area contributed by atoms with Crippen molar-refractivity contribution in [2.24, 2.45) is 5.16 Å².